The first-order chi connectivity index (χ1) is 13.2. The van der Waals surface area contributed by atoms with E-state index in [-0.39, 0.29) is 5.91 Å². The number of rotatable bonds is 3. The van der Waals surface area contributed by atoms with Crippen LogP contribution in [0.25, 0.3) is 5.69 Å². The van der Waals surface area contributed by atoms with E-state index in [1.165, 1.54) is 4.88 Å². The van der Waals surface area contributed by atoms with Crippen LogP contribution in [0.15, 0.2) is 30.3 Å². The predicted molar refractivity (Wildman–Crippen MR) is 106 cm³/mol. The Balaban J connectivity index is 1.44. The predicted octanol–water partition coefficient (Wildman–Crippen LogP) is 3.06. The summed E-state index contributed by atoms with van der Waals surface area (Å²) < 4.78 is 1.93. The van der Waals surface area contributed by atoms with Crippen LogP contribution in [0.2, 0.25) is 0 Å². The molecule has 1 amide bonds. The van der Waals surface area contributed by atoms with Crippen LogP contribution in [0.1, 0.15) is 38.7 Å². The first-order valence-corrected chi connectivity index (χ1v) is 10.2. The number of para-hydroxylation sites is 1. The average Bonchev–Trinajstić information content (AvgIpc) is 3.36. The summed E-state index contributed by atoms with van der Waals surface area (Å²) in [6, 6.07) is 10.0. The first kappa shape index (κ1) is 16.6. The third-order valence-electron chi connectivity index (χ3n) is 5.29. The standard InChI is InChI=1S/C20H21N5OS/c1-24-11-10-15-17(12-24)27-20(21-15)22-19(26)18-14-8-5-9-16(14)25(23-18)13-6-3-2-4-7-13/h2-4,6-7H,5,8-12H2,1H3,(H,21,22,26). The molecule has 1 aromatic carbocycles. The third-order valence-corrected chi connectivity index (χ3v) is 6.29. The molecular weight excluding hydrogens is 358 g/mol. The number of carbonyl (C=O) groups excluding carboxylic acids is 1. The van der Waals surface area contributed by atoms with Crippen molar-refractivity contribution in [2.75, 3.05) is 18.9 Å². The zero-order valence-corrected chi connectivity index (χ0v) is 16.1. The molecule has 1 N–H and O–H groups in total. The summed E-state index contributed by atoms with van der Waals surface area (Å²) in [5, 5.41) is 8.35. The summed E-state index contributed by atoms with van der Waals surface area (Å²) in [7, 11) is 2.11. The molecule has 0 saturated heterocycles. The van der Waals surface area contributed by atoms with E-state index in [9.17, 15) is 4.79 Å². The van der Waals surface area contributed by atoms with E-state index in [1.807, 2.05) is 35.0 Å². The van der Waals surface area contributed by atoms with Gasteiger partial charge in [0.15, 0.2) is 10.8 Å². The quantitative estimate of drug-likeness (QED) is 0.760. The Morgan fingerprint density at radius 1 is 1.19 bits per heavy atom. The fourth-order valence-electron chi connectivity index (χ4n) is 3.94. The van der Waals surface area contributed by atoms with E-state index < -0.39 is 0 Å². The largest absolute Gasteiger partial charge is 0.301 e. The number of nitrogens with one attached hydrogen (secondary N) is 1. The van der Waals surface area contributed by atoms with Crippen LogP contribution in [0, 0.1) is 0 Å². The lowest BCUT2D eigenvalue weighted by molar-refractivity contribution is 0.102. The molecule has 2 aliphatic rings. The Morgan fingerprint density at radius 2 is 2.04 bits per heavy atom. The van der Waals surface area contributed by atoms with Crippen molar-refractivity contribution in [3.63, 3.8) is 0 Å². The minimum atomic E-state index is -0.151. The number of amides is 1. The maximum atomic E-state index is 13.0. The molecule has 0 fully saturated rings. The molecule has 3 heterocycles. The van der Waals surface area contributed by atoms with E-state index in [2.05, 4.69) is 27.3 Å². The molecule has 0 saturated carbocycles. The Hall–Kier alpha value is -2.51. The monoisotopic (exact) mass is 379 g/mol. The lowest BCUT2D eigenvalue weighted by Gasteiger charge is -2.20. The number of hydrogen-bond donors (Lipinski definition) is 1. The molecule has 1 aliphatic carbocycles. The van der Waals surface area contributed by atoms with Crippen molar-refractivity contribution in [3.8, 4) is 5.69 Å². The van der Waals surface area contributed by atoms with Gasteiger partial charge in [-0.25, -0.2) is 9.67 Å². The molecule has 0 spiro atoms. The number of anilines is 1. The summed E-state index contributed by atoms with van der Waals surface area (Å²) in [5.74, 6) is -0.151. The molecule has 7 heteroatoms. The van der Waals surface area contributed by atoms with Gasteiger partial charge in [0.25, 0.3) is 5.91 Å². The molecule has 3 aromatic rings. The molecule has 0 radical (unpaired) electrons. The normalized spacial score (nSPS) is 16.2. The van der Waals surface area contributed by atoms with Gasteiger partial charge in [0.1, 0.15) is 0 Å². The van der Waals surface area contributed by atoms with E-state index in [4.69, 9.17) is 0 Å². The Bertz CT molecular complexity index is 1010. The molecule has 0 bridgehead atoms. The summed E-state index contributed by atoms with van der Waals surface area (Å²) >= 11 is 1.58. The number of nitrogens with zero attached hydrogens (tertiary/aromatic N) is 4. The van der Waals surface area contributed by atoms with E-state index in [0.717, 1.165) is 61.4 Å². The first-order valence-electron chi connectivity index (χ1n) is 9.33. The van der Waals surface area contributed by atoms with Crippen molar-refractivity contribution in [3.05, 3.63) is 57.9 Å². The average molecular weight is 379 g/mol. The number of benzene rings is 1. The highest BCUT2D eigenvalue weighted by molar-refractivity contribution is 7.15. The molecule has 5 rings (SSSR count). The van der Waals surface area contributed by atoms with Gasteiger partial charge in [0.05, 0.1) is 11.4 Å². The molecule has 6 nitrogen and oxygen atoms in total. The Kier molecular flexibility index (Phi) is 4.06. The van der Waals surface area contributed by atoms with Gasteiger partial charge in [-0.2, -0.15) is 5.10 Å². The SMILES string of the molecule is CN1CCc2nc(NC(=O)c3nn(-c4ccccc4)c4c3CCC4)sc2C1. The van der Waals surface area contributed by atoms with Gasteiger partial charge in [0, 0.05) is 35.6 Å². The number of hydrogen-bond acceptors (Lipinski definition) is 5. The number of aromatic nitrogens is 3. The summed E-state index contributed by atoms with van der Waals surface area (Å²) in [6.45, 7) is 1.92. The third kappa shape index (κ3) is 2.96. The minimum absolute atomic E-state index is 0.151. The highest BCUT2D eigenvalue weighted by atomic mass is 32.1. The maximum Gasteiger partial charge on any atom is 0.278 e. The zero-order valence-electron chi connectivity index (χ0n) is 15.2. The fraction of sp³-hybridized carbons (Fsp3) is 0.350. The van der Waals surface area contributed by atoms with Gasteiger partial charge in [-0.15, -0.1) is 11.3 Å². The van der Waals surface area contributed by atoms with Crippen molar-refractivity contribution >= 4 is 22.4 Å². The van der Waals surface area contributed by atoms with E-state index in [0.29, 0.717) is 10.8 Å². The molecule has 27 heavy (non-hydrogen) atoms. The number of carbonyl (C=O) groups is 1. The second-order valence-corrected chi connectivity index (χ2v) is 8.29. The molecule has 0 unspecified atom stereocenters. The number of fused-ring (bicyclic) bond motifs is 2. The van der Waals surface area contributed by atoms with Gasteiger partial charge >= 0.3 is 0 Å². The highest BCUT2D eigenvalue weighted by Crippen LogP contribution is 2.30. The van der Waals surface area contributed by atoms with E-state index in [1.54, 1.807) is 11.3 Å². The molecule has 2 aromatic heterocycles. The van der Waals surface area contributed by atoms with Crippen LogP contribution in [0.5, 0.6) is 0 Å². The maximum absolute atomic E-state index is 13.0. The van der Waals surface area contributed by atoms with Crippen molar-refractivity contribution < 1.29 is 4.79 Å². The topological polar surface area (TPSA) is 63.1 Å². The van der Waals surface area contributed by atoms with Gasteiger partial charge in [-0.1, -0.05) is 18.2 Å². The lowest BCUT2D eigenvalue weighted by Crippen LogP contribution is -2.25. The van der Waals surface area contributed by atoms with E-state index >= 15 is 0 Å². The number of thiazole rings is 1. The van der Waals surface area contributed by atoms with Gasteiger partial charge in [-0.3, -0.25) is 10.1 Å². The van der Waals surface area contributed by atoms with Gasteiger partial charge < -0.3 is 4.90 Å². The van der Waals surface area contributed by atoms with Gasteiger partial charge in [0.2, 0.25) is 0 Å². The molecule has 1 aliphatic heterocycles. The second kappa shape index (κ2) is 6.58. The Labute approximate surface area is 161 Å². The minimum Gasteiger partial charge on any atom is -0.301 e. The van der Waals surface area contributed by atoms with Gasteiger partial charge in [-0.05, 0) is 38.4 Å². The fourth-order valence-corrected chi connectivity index (χ4v) is 5.02. The molecule has 0 atom stereocenters. The van der Waals surface area contributed by atoms with Crippen molar-refractivity contribution in [1.82, 2.24) is 19.7 Å². The van der Waals surface area contributed by atoms with Crippen molar-refractivity contribution in [2.45, 2.75) is 32.2 Å². The zero-order chi connectivity index (χ0) is 18.4. The van der Waals surface area contributed by atoms with Crippen LogP contribution in [-0.4, -0.2) is 39.2 Å². The van der Waals surface area contributed by atoms with Crippen LogP contribution in [0.3, 0.4) is 0 Å². The lowest BCUT2D eigenvalue weighted by atomic mass is 10.2. The summed E-state index contributed by atoms with van der Waals surface area (Å²) in [6.07, 6.45) is 3.88. The second-order valence-electron chi connectivity index (χ2n) is 7.21. The smallest absolute Gasteiger partial charge is 0.278 e. The van der Waals surface area contributed by atoms with Crippen LogP contribution in [0.4, 0.5) is 5.13 Å². The summed E-state index contributed by atoms with van der Waals surface area (Å²) in [4.78, 5) is 21.1. The Morgan fingerprint density at radius 3 is 2.89 bits per heavy atom. The van der Waals surface area contributed by atoms with Crippen molar-refractivity contribution in [2.24, 2.45) is 0 Å². The summed E-state index contributed by atoms with van der Waals surface area (Å²) in [5.41, 5.74) is 4.90. The molecular formula is C20H21N5OS. The van der Waals surface area contributed by atoms with Crippen LogP contribution in [-0.2, 0) is 25.8 Å². The van der Waals surface area contributed by atoms with Crippen LogP contribution < -0.4 is 5.32 Å². The highest BCUT2D eigenvalue weighted by Gasteiger charge is 2.28. The van der Waals surface area contributed by atoms with Crippen molar-refractivity contribution in [1.29, 1.82) is 0 Å². The number of likely N-dealkylation sites (N-methyl/N-ethyl adjacent to an activating group) is 1. The molecule has 138 valence electrons. The van der Waals surface area contributed by atoms with Crippen LogP contribution >= 0.6 is 11.3 Å².